The average molecular weight is 574 g/mol. The summed E-state index contributed by atoms with van der Waals surface area (Å²) < 4.78 is 126. The molecule has 2 heterocycles. The van der Waals surface area contributed by atoms with Crippen LogP contribution in [0.25, 0.3) is 45.1 Å². The molecule has 0 aliphatic heterocycles. The van der Waals surface area contributed by atoms with Crippen LogP contribution in [0.4, 0.5) is 35.1 Å². The molecule has 41 heavy (non-hydrogen) atoms. The van der Waals surface area contributed by atoms with Gasteiger partial charge in [-0.3, -0.25) is 0 Å². The molecule has 0 aliphatic carbocycles. The van der Waals surface area contributed by atoms with Crippen LogP contribution in [0, 0.1) is 11.6 Å². The molecule has 0 bridgehead atoms. The minimum Gasteiger partial charge on any atom is -0.436 e. The Hall–Kier alpha value is -4.74. The van der Waals surface area contributed by atoms with Crippen LogP contribution in [0.5, 0.6) is 0 Å². The number of hydrogen-bond acceptors (Lipinski definition) is 4. The highest BCUT2D eigenvalue weighted by Gasteiger charge is 2.72. The predicted octanol–water partition coefficient (Wildman–Crippen LogP) is 8.99. The molecule has 0 saturated carbocycles. The van der Waals surface area contributed by atoms with Gasteiger partial charge in [-0.1, -0.05) is 12.1 Å². The fraction of sp³-hybridized carbons (Fsp3) is 0.103. The minimum absolute atomic E-state index is 0.000880. The molecule has 0 atom stereocenters. The van der Waals surface area contributed by atoms with Gasteiger partial charge in [-0.2, -0.15) is 26.3 Å². The van der Waals surface area contributed by atoms with E-state index in [4.69, 9.17) is 8.83 Å². The first kappa shape index (κ1) is 26.5. The molecular weight excluding hydrogens is 560 g/mol. The summed E-state index contributed by atoms with van der Waals surface area (Å²) in [6, 6.07) is 14.3. The number of halogens is 8. The second-order valence-electron chi connectivity index (χ2n) is 9.16. The molecule has 6 aromatic rings. The lowest BCUT2D eigenvalue weighted by Gasteiger charge is -2.38. The fourth-order valence-electron chi connectivity index (χ4n) is 4.73. The number of fused-ring (bicyclic) bond motifs is 2. The Morgan fingerprint density at radius 2 is 0.854 bits per heavy atom. The molecular formula is C29H14F8N2O2. The van der Waals surface area contributed by atoms with Gasteiger partial charge in [0.1, 0.15) is 22.7 Å². The van der Waals surface area contributed by atoms with E-state index in [0.717, 1.165) is 36.4 Å². The zero-order valence-electron chi connectivity index (χ0n) is 20.3. The molecule has 0 saturated heterocycles. The Balaban J connectivity index is 1.53. The van der Waals surface area contributed by atoms with Crippen LogP contribution in [0.15, 0.2) is 93.8 Å². The number of hydrogen-bond donors (Lipinski definition) is 0. The first-order valence-electron chi connectivity index (χ1n) is 11.8. The summed E-state index contributed by atoms with van der Waals surface area (Å²) in [6.07, 6.45) is -11.7. The molecule has 2 aromatic heterocycles. The van der Waals surface area contributed by atoms with E-state index in [9.17, 15) is 35.1 Å². The Bertz CT molecular complexity index is 1750. The third-order valence-corrected chi connectivity index (χ3v) is 6.68. The van der Waals surface area contributed by atoms with E-state index in [1.54, 1.807) is 0 Å². The van der Waals surface area contributed by atoms with Gasteiger partial charge in [0.15, 0.2) is 11.2 Å². The largest absolute Gasteiger partial charge is 0.436 e. The summed E-state index contributed by atoms with van der Waals surface area (Å²) in [6.45, 7) is 0. The highest BCUT2D eigenvalue weighted by Crippen LogP contribution is 2.57. The number of alkyl halides is 6. The van der Waals surface area contributed by atoms with E-state index in [2.05, 4.69) is 9.97 Å². The van der Waals surface area contributed by atoms with E-state index < -0.39 is 40.5 Å². The zero-order valence-corrected chi connectivity index (χ0v) is 20.3. The van der Waals surface area contributed by atoms with Gasteiger partial charge < -0.3 is 8.83 Å². The number of nitrogens with zero attached hydrogens (tertiary/aromatic N) is 2. The maximum absolute atomic E-state index is 14.8. The summed E-state index contributed by atoms with van der Waals surface area (Å²) >= 11 is 0. The lowest BCUT2D eigenvalue weighted by Crippen LogP contribution is -2.54. The Kier molecular flexibility index (Phi) is 5.91. The van der Waals surface area contributed by atoms with Crippen LogP contribution < -0.4 is 0 Å². The Labute approximate surface area is 224 Å². The van der Waals surface area contributed by atoms with Crippen molar-refractivity contribution in [2.24, 2.45) is 0 Å². The summed E-state index contributed by atoms with van der Waals surface area (Å²) in [5.41, 5.74) is -6.94. The van der Waals surface area contributed by atoms with Crippen molar-refractivity contribution in [1.29, 1.82) is 0 Å². The van der Waals surface area contributed by atoms with Crippen LogP contribution in [0.1, 0.15) is 11.1 Å². The third-order valence-electron chi connectivity index (χ3n) is 6.68. The van der Waals surface area contributed by atoms with Crippen molar-refractivity contribution >= 4 is 22.2 Å². The van der Waals surface area contributed by atoms with Crippen molar-refractivity contribution < 1.29 is 44.0 Å². The predicted molar refractivity (Wildman–Crippen MR) is 132 cm³/mol. The smallest absolute Gasteiger partial charge is 0.411 e. The first-order valence-corrected chi connectivity index (χ1v) is 11.8. The van der Waals surface area contributed by atoms with Crippen LogP contribution in [-0.4, -0.2) is 22.3 Å². The quantitative estimate of drug-likeness (QED) is 0.197. The van der Waals surface area contributed by atoms with Gasteiger partial charge in [0.25, 0.3) is 0 Å². The fourth-order valence-corrected chi connectivity index (χ4v) is 4.73. The van der Waals surface area contributed by atoms with Crippen LogP contribution in [-0.2, 0) is 5.41 Å². The van der Waals surface area contributed by atoms with Crippen LogP contribution in [0.2, 0.25) is 0 Å². The van der Waals surface area contributed by atoms with Gasteiger partial charge in [-0.05, 0) is 83.9 Å². The molecule has 0 spiro atoms. The van der Waals surface area contributed by atoms with Crippen molar-refractivity contribution in [1.82, 2.24) is 9.97 Å². The van der Waals surface area contributed by atoms with E-state index in [0.29, 0.717) is 24.3 Å². The lowest BCUT2D eigenvalue weighted by atomic mass is 9.72. The molecule has 0 fully saturated rings. The standard InChI is InChI=1S/C29H14F8N2O2/c30-19-7-1-15(2-8-19)25-38-21-11-5-17(13-23(21)40-25)27(28(32,33)34,29(35,36)37)18-6-12-22-24(14-18)41-26(39-22)16-3-9-20(31)10-4-16/h1-14H. The molecule has 0 aliphatic rings. The summed E-state index contributed by atoms with van der Waals surface area (Å²) in [5.74, 6) is -1.34. The van der Waals surface area contributed by atoms with Gasteiger partial charge in [0.05, 0.1) is 0 Å². The molecule has 208 valence electrons. The zero-order chi connectivity index (χ0) is 29.2. The summed E-state index contributed by atoms with van der Waals surface area (Å²) in [7, 11) is 0. The third kappa shape index (κ3) is 4.30. The lowest BCUT2D eigenvalue weighted by molar-refractivity contribution is -0.288. The maximum Gasteiger partial charge on any atom is 0.411 e. The number of rotatable bonds is 4. The number of oxazole rings is 2. The second kappa shape index (κ2) is 9.15. The summed E-state index contributed by atoms with van der Waals surface area (Å²) in [4.78, 5) is 8.22. The van der Waals surface area contributed by atoms with E-state index in [1.807, 2.05) is 0 Å². The molecule has 0 radical (unpaired) electrons. The number of aromatic nitrogens is 2. The van der Waals surface area contributed by atoms with Crippen LogP contribution >= 0.6 is 0 Å². The van der Waals surface area contributed by atoms with E-state index in [1.165, 1.54) is 24.3 Å². The van der Waals surface area contributed by atoms with Crippen molar-refractivity contribution in [3.05, 3.63) is 108 Å². The monoisotopic (exact) mass is 574 g/mol. The molecule has 0 unspecified atom stereocenters. The average Bonchev–Trinajstić information content (AvgIpc) is 3.52. The van der Waals surface area contributed by atoms with Gasteiger partial charge in [0, 0.05) is 11.1 Å². The molecule has 6 rings (SSSR count). The van der Waals surface area contributed by atoms with Gasteiger partial charge in [0.2, 0.25) is 17.2 Å². The van der Waals surface area contributed by atoms with Crippen molar-refractivity contribution in [2.45, 2.75) is 17.8 Å². The maximum atomic E-state index is 14.8. The molecule has 4 nitrogen and oxygen atoms in total. The molecule has 0 N–H and O–H groups in total. The van der Waals surface area contributed by atoms with Crippen molar-refractivity contribution in [3.63, 3.8) is 0 Å². The first-order chi connectivity index (χ1) is 19.4. The van der Waals surface area contributed by atoms with Gasteiger partial charge in [-0.25, -0.2) is 18.7 Å². The highest BCUT2D eigenvalue weighted by atomic mass is 19.4. The van der Waals surface area contributed by atoms with Gasteiger partial charge >= 0.3 is 12.4 Å². The molecule has 4 aromatic carbocycles. The minimum atomic E-state index is -5.87. The normalized spacial score (nSPS) is 12.9. The van der Waals surface area contributed by atoms with E-state index in [-0.39, 0.29) is 45.1 Å². The second-order valence-corrected chi connectivity index (χ2v) is 9.16. The Morgan fingerprint density at radius 1 is 0.488 bits per heavy atom. The molecule has 0 amide bonds. The van der Waals surface area contributed by atoms with Gasteiger partial charge in [-0.15, -0.1) is 0 Å². The number of benzene rings is 4. The highest BCUT2D eigenvalue weighted by molar-refractivity contribution is 5.80. The van der Waals surface area contributed by atoms with Crippen molar-refractivity contribution in [2.75, 3.05) is 0 Å². The van der Waals surface area contributed by atoms with E-state index >= 15 is 0 Å². The van der Waals surface area contributed by atoms with Crippen LogP contribution in [0.3, 0.4) is 0 Å². The summed E-state index contributed by atoms with van der Waals surface area (Å²) in [5, 5.41) is 0. The SMILES string of the molecule is Fc1ccc(-c2nc3ccc(C(c4ccc5nc(-c6ccc(F)cc6)oc5c4)(C(F)(F)F)C(F)(F)F)cc3o2)cc1. The topological polar surface area (TPSA) is 52.1 Å². The molecule has 12 heteroatoms. The Morgan fingerprint density at radius 3 is 1.20 bits per heavy atom. The van der Waals surface area contributed by atoms with Crippen molar-refractivity contribution in [3.8, 4) is 22.9 Å².